The van der Waals surface area contributed by atoms with Gasteiger partial charge in [0.25, 0.3) is 0 Å². The first-order valence-electron chi connectivity index (χ1n) is 6.39. The second-order valence-electron chi connectivity index (χ2n) is 4.88. The van der Waals surface area contributed by atoms with Gasteiger partial charge in [-0.3, -0.25) is 4.79 Å². The van der Waals surface area contributed by atoms with Gasteiger partial charge in [0.05, 0.1) is 12.6 Å². The maximum absolute atomic E-state index is 11.9. The van der Waals surface area contributed by atoms with E-state index >= 15 is 0 Å². The number of carbonyl (C=O) groups is 1. The van der Waals surface area contributed by atoms with Crippen LogP contribution in [0.5, 0.6) is 0 Å². The van der Waals surface area contributed by atoms with Crippen LogP contribution >= 0.6 is 0 Å². The lowest BCUT2D eigenvalue weighted by Gasteiger charge is -2.26. The minimum atomic E-state index is -0.128. The highest BCUT2D eigenvalue weighted by Crippen LogP contribution is 2.21. The number of aliphatic hydroxyl groups excluding tert-OH is 1. The van der Waals surface area contributed by atoms with E-state index in [1.165, 1.54) is 0 Å². The fraction of sp³-hybridized carbons (Fsp3) is 0.500. The van der Waals surface area contributed by atoms with E-state index in [1.807, 2.05) is 30.3 Å². The second kappa shape index (κ2) is 5.98. The van der Waals surface area contributed by atoms with E-state index < -0.39 is 0 Å². The minimum absolute atomic E-state index is 0.00206. The van der Waals surface area contributed by atoms with Gasteiger partial charge in [-0.15, -0.1) is 0 Å². The van der Waals surface area contributed by atoms with Crippen LogP contribution in [-0.2, 0) is 11.2 Å². The van der Waals surface area contributed by atoms with Crippen molar-refractivity contribution < 1.29 is 9.90 Å². The van der Waals surface area contributed by atoms with Crippen molar-refractivity contribution in [3.63, 3.8) is 0 Å². The molecule has 18 heavy (non-hydrogen) atoms. The highest BCUT2D eigenvalue weighted by atomic mass is 16.3. The quantitative estimate of drug-likeness (QED) is 0.792. The van der Waals surface area contributed by atoms with Gasteiger partial charge in [-0.2, -0.15) is 0 Å². The van der Waals surface area contributed by atoms with Crippen molar-refractivity contribution in [2.24, 2.45) is 11.7 Å². The van der Waals surface area contributed by atoms with E-state index in [1.54, 1.807) is 4.90 Å². The highest BCUT2D eigenvalue weighted by Gasteiger charge is 2.33. The molecule has 3 N–H and O–H groups in total. The lowest BCUT2D eigenvalue weighted by atomic mass is 10.1. The molecule has 1 aliphatic rings. The molecule has 0 aliphatic carbocycles. The third-order valence-electron chi connectivity index (χ3n) is 3.54. The molecular formula is C14H20N2O2. The van der Waals surface area contributed by atoms with Gasteiger partial charge >= 0.3 is 0 Å². The first kappa shape index (κ1) is 13.1. The summed E-state index contributed by atoms with van der Waals surface area (Å²) in [6.07, 6.45) is 1.21. The Bertz CT molecular complexity index is 394. The van der Waals surface area contributed by atoms with E-state index in [0.29, 0.717) is 25.9 Å². The molecule has 98 valence electrons. The number of hydrogen-bond donors (Lipinski definition) is 2. The summed E-state index contributed by atoms with van der Waals surface area (Å²) in [6.45, 7) is 1.21. The molecule has 0 aromatic heterocycles. The number of benzene rings is 1. The van der Waals surface area contributed by atoms with Crippen LogP contribution in [0.4, 0.5) is 0 Å². The first-order valence-corrected chi connectivity index (χ1v) is 6.39. The van der Waals surface area contributed by atoms with Crippen molar-refractivity contribution in [1.29, 1.82) is 0 Å². The maximum Gasteiger partial charge on any atom is 0.223 e. The molecule has 1 fully saturated rings. The molecule has 1 aliphatic heterocycles. The average Bonchev–Trinajstić information content (AvgIpc) is 2.78. The zero-order chi connectivity index (χ0) is 13.0. The summed E-state index contributed by atoms with van der Waals surface area (Å²) in [5.74, 6) is 0.350. The Morgan fingerprint density at radius 1 is 1.39 bits per heavy atom. The van der Waals surface area contributed by atoms with Crippen LogP contribution in [0.1, 0.15) is 12.0 Å². The molecule has 2 unspecified atom stereocenters. The van der Waals surface area contributed by atoms with Crippen LogP contribution in [0.2, 0.25) is 0 Å². The monoisotopic (exact) mass is 248 g/mol. The molecule has 1 aromatic carbocycles. The summed E-state index contributed by atoms with van der Waals surface area (Å²) >= 11 is 0. The molecule has 4 heteroatoms. The van der Waals surface area contributed by atoms with Crippen molar-refractivity contribution in [3.05, 3.63) is 35.9 Å². The predicted molar refractivity (Wildman–Crippen MR) is 69.9 cm³/mol. The Balaban J connectivity index is 2.03. The SMILES string of the molecule is NCC1CC(=O)N(C(CO)Cc2ccccc2)C1. The number of aliphatic hydroxyl groups is 1. The Morgan fingerprint density at radius 2 is 2.11 bits per heavy atom. The highest BCUT2D eigenvalue weighted by molar-refractivity contribution is 5.79. The summed E-state index contributed by atoms with van der Waals surface area (Å²) < 4.78 is 0. The van der Waals surface area contributed by atoms with Gasteiger partial charge in [0.2, 0.25) is 5.91 Å². The molecule has 1 aromatic rings. The van der Waals surface area contributed by atoms with Crippen molar-refractivity contribution in [2.45, 2.75) is 18.9 Å². The number of likely N-dealkylation sites (tertiary alicyclic amines) is 1. The molecular weight excluding hydrogens is 228 g/mol. The van der Waals surface area contributed by atoms with Crippen LogP contribution in [0.25, 0.3) is 0 Å². The topological polar surface area (TPSA) is 66.6 Å². The zero-order valence-corrected chi connectivity index (χ0v) is 10.5. The van der Waals surface area contributed by atoms with Crippen molar-refractivity contribution in [3.8, 4) is 0 Å². The summed E-state index contributed by atoms with van der Waals surface area (Å²) in [6, 6.07) is 9.81. The minimum Gasteiger partial charge on any atom is -0.394 e. The smallest absolute Gasteiger partial charge is 0.223 e. The van der Waals surface area contributed by atoms with E-state index in [-0.39, 0.29) is 24.5 Å². The summed E-state index contributed by atoms with van der Waals surface area (Å²) in [5, 5.41) is 9.50. The van der Waals surface area contributed by atoms with Crippen molar-refractivity contribution in [2.75, 3.05) is 19.7 Å². The largest absolute Gasteiger partial charge is 0.394 e. The Kier molecular flexibility index (Phi) is 4.33. The van der Waals surface area contributed by atoms with Gasteiger partial charge in [0, 0.05) is 13.0 Å². The first-order chi connectivity index (χ1) is 8.74. The number of carbonyl (C=O) groups excluding carboxylic acids is 1. The van der Waals surface area contributed by atoms with Gasteiger partial charge in [-0.05, 0) is 24.4 Å². The van der Waals surface area contributed by atoms with Gasteiger partial charge in [0.15, 0.2) is 0 Å². The maximum atomic E-state index is 11.9. The zero-order valence-electron chi connectivity index (χ0n) is 10.5. The Labute approximate surface area is 107 Å². The van der Waals surface area contributed by atoms with Crippen LogP contribution in [0, 0.1) is 5.92 Å². The van der Waals surface area contributed by atoms with Gasteiger partial charge < -0.3 is 15.7 Å². The Morgan fingerprint density at radius 3 is 2.67 bits per heavy atom. The summed E-state index contributed by atoms with van der Waals surface area (Å²) in [5.41, 5.74) is 6.75. The summed E-state index contributed by atoms with van der Waals surface area (Å²) in [7, 11) is 0. The van der Waals surface area contributed by atoms with E-state index in [4.69, 9.17) is 5.73 Å². The number of nitrogens with two attached hydrogens (primary N) is 1. The molecule has 1 saturated heterocycles. The molecule has 0 bridgehead atoms. The van der Waals surface area contributed by atoms with Crippen molar-refractivity contribution in [1.82, 2.24) is 4.90 Å². The average molecular weight is 248 g/mol. The standard InChI is InChI=1S/C14H20N2O2/c15-8-12-7-14(18)16(9-12)13(10-17)6-11-4-2-1-3-5-11/h1-5,12-13,17H,6-10,15H2. The molecule has 1 heterocycles. The molecule has 2 rings (SSSR count). The predicted octanol–water partition coefficient (Wildman–Crippen LogP) is 0.397. The van der Waals surface area contributed by atoms with Gasteiger partial charge in [-0.1, -0.05) is 30.3 Å². The number of nitrogens with zero attached hydrogens (tertiary/aromatic N) is 1. The molecule has 0 saturated carbocycles. The Hall–Kier alpha value is -1.39. The number of rotatable bonds is 5. The van der Waals surface area contributed by atoms with Gasteiger partial charge in [-0.25, -0.2) is 0 Å². The van der Waals surface area contributed by atoms with E-state index in [2.05, 4.69) is 0 Å². The van der Waals surface area contributed by atoms with Crippen molar-refractivity contribution >= 4 is 5.91 Å². The molecule has 2 atom stereocenters. The number of hydrogen-bond acceptors (Lipinski definition) is 3. The lowest BCUT2D eigenvalue weighted by molar-refractivity contribution is -0.130. The van der Waals surface area contributed by atoms with Gasteiger partial charge in [0.1, 0.15) is 0 Å². The normalized spacial score (nSPS) is 21.3. The fourth-order valence-corrected chi connectivity index (χ4v) is 2.48. The third-order valence-corrected chi connectivity index (χ3v) is 3.54. The number of amides is 1. The molecule has 1 amide bonds. The van der Waals surface area contributed by atoms with Crippen LogP contribution < -0.4 is 5.73 Å². The van der Waals surface area contributed by atoms with E-state index in [9.17, 15) is 9.90 Å². The lowest BCUT2D eigenvalue weighted by Crippen LogP contribution is -2.41. The van der Waals surface area contributed by atoms with Crippen LogP contribution in [-0.4, -0.2) is 41.7 Å². The summed E-state index contributed by atoms with van der Waals surface area (Å²) in [4.78, 5) is 13.7. The third kappa shape index (κ3) is 2.89. The molecule has 4 nitrogen and oxygen atoms in total. The molecule has 0 radical (unpaired) electrons. The van der Waals surface area contributed by atoms with Crippen LogP contribution in [0.3, 0.4) is 0 Å². The fourth-order valence-electron chi connectivity index (χ4n) is 2.48. The van der Waals surface area contributed by atoms with Crippen LogP contribution in [0.15, 0.2) is 30.3 Å². The second-order valence-corrected chi connectivity index (χ2v) is 4.88. The van der Waals surface area contributed by atoms with E-state index in [0.717, 1.165) is 5.56 Å². The molecule has 0 spiro atoms.